The van der Waals surface area contributed by atoms with Gasteiger partial charge in [0.15, 0.2) is 5.69 Å². The lowest BCUT2D eigenvalue weighted by Gasteiger charge is -2.28. The summed E-state index contributed by atoms with van der Waals surface area (Å²) >= 11 is 6.71. The van der Waals surface area contributed by atoms with E-state index in [9.17, 15) is 26.4 Å². The van der Waals surface area contributed by atoms with E-state index in [1.807, 2.05) is 0 Å². The van der Waals surface area contributed by atoms with E-state index in [4.69, 9.17) is 21.1 Å². The number of hydrogen-bond donors (Lipinski definition) is 1. The van der Waals surface area contributed by atoms with Crippen molar-refractivity contribution in [3.05, 3.63) is 34.5 Å². The summed E-state index contributed by atoms with van der Waals surface area (Å²) in [5.41, 5.74) is -0.640. The van der Waals surface area contributed by atoms with Crippen molar-refractivity contribution in [3.8, 4) is 17.0 Å². The lowest BCUT2D eigenvalue weighted by Crippen LogP contribution is -2.34. The van der Waals surface area contributed by atoms with E-state index < -0.39 is 27.3 Å². The van der Waals surface area contributed by atoms with Crippen molar-refractivity contribution < 1.29 is 35.9 Å². The quantitative estimate of drug-likeness (QED) is 0.371. The number of halogens is 4. The molecule has 1 aromatic heterocycles. The van der Waals surface area contributed by atoms with Crippen molar-refractivity contribution in [2.45, 2.75) is 63.9 Å². The van der Waals surface area contributed by atoms with Crippen LogP contribution in [0.3, 0.4) is 0 Å². The van der Waals surface area contributed by atoms with Gasteiger partial charge >= 0.3 is 6.18 Å². The first-order valence-electron chi connectivity index (χ1n) is 13.1. The maximum Gasteiger partial charge on any atom is 0.394 e. The molecule has 1 heterocycles. The van der Waals surface area contributed by atoms with Gasteiger partial charge in [0.1, 0.15) is 15.6 Å². The number of aromatic nitrogens is 2. The van der Waals surface area contributed by atoms with Gasteiger partial charge in [0, 0.05) is 25.5 Å². The number of nitrogens with one attached hydrogen (secondary N) is 1. The third-order valence-electron chi connectivity index (χ3n) is 7.50. The second-order valence-electron chi connectivity index (χ2n) is 11.0. The number of carbonyl (C=O) groups is 1. The van der Waals surface area contributed by atoms with Gasteiger partial charge in [-0.05, 0) is 55.7 Å². The van der Waals surface area contributed by atoms with Crippen LogP contribution < -0.4 is 10.1 Å². The predicted octanol–water partition coefficient (Wildman–Crippen LogP) is 5.32. The number of alkyl halides is 3. The summed E-state index contributed by atoms with van der Waals surface area (Å²) in [4.78, 5) is 13.1. The van der Waals surface area contributed by atoms with Crippen LogP contribution in [0, 0.1) is 11.3 Å². The van der Waals surface area contributed by atoms with Gasteiger partial charge in [-0.1, -0.05) is 31.5 Å². The highest BCUT2D eigenvalue weighted by Crippen LogP contribution is 2.42. The predicted molar refractivity (Wildman–Crippen MR) is 148 cm³/mol. The summed E-state index contributed by atoms with van der Waals surface area (Å²) in [5.74, 6) is -0.0370. The molecule has 0 atom stereocenters. The van der Waals surface area contributed by atoms with Crippen LogP contribution in [0.2, 0.25) is 5.02 Å². The van der Waals surface area contributed by atoms with E-state index in [2.05, 4.69) is 10.4 Å². The molecular formula is C27H37ClF3N3O5S. The van der Waals surface area contributed by atoms with Crippen molar-refractivity contribution in [2.24, 2.45) is 11.3 Å². The molecule has 8 nitrogen and oxygen atoms in total. The number of ether oxygens (including phenoxy) is 2. The lowest BCUT2D eigenvalue weighted by molar-refractivity contribution is -0.211. The molecule has 1 N–H and O–H groups in total. The Balaban J connectivity index is 1.85. The van der Waals surface area contributed by atoms with Crippen LogP contribution in [0.5, 0.6) is 5.75 Å². The normalized spacial score (nSPS) is 18.5. The Morgan fingerprint density at radius 1 is 1.18 bits per heavy atom. The van der Waals surface area contributed by atoms with Crippen molar-refractivity contribution in [1.82, 2.24) is 15.1 Å². The molecule has 224 valence electrons. The molecule has 0 bridgehead atoms. The molecule has 13 heteroatoms. The third kappa shape index (κ3) is 7.50. The summed E-state index contributed by atoms with van der Waals surface area (Å²) in [7, 11) is -0.145. The molecule has 1 fully saturated rings. The zero-order valence-electron chi connectivity index (χ0n) is 23.4. The average molecular weight is 608 g/mol. The highest BCUT2D eigenvalue weighted by molar-refractivity contribution is 7.91. The molecule has 1 aliphatic carbocycles. The molecule has 1 aromatic carbocycles. The van der Waals surface area contributed by atoms with Gasteiger partial charge in [-0.2, -0.15) is 18.3 Å². The highest BCUT2D eigenvalue weighted by atomic mass is 35.5. The van der Waals surface area contributed by atoms with Crippen molar-refractivity contribution in [2.75, 3.05) is 33.6 Å². The largest absolute Gasteiger partial charge is 0.496 e. The number of nitrogens with zero attached hydrogens (tertiary/aromatic N) is 2. The fourth-order valence-electron chi connectivity index (χ4n) is 4.92. The first-order valence-corrected chi connectivity index (χ1v) is 15.4. The second-order valence-corrected chi connectivity index (χ2v) is 13.7. The number of rotatable bonds is 11. The molecule has 1 saturated carbocycles. The maximum absolute atomic E-state index is 13.5. The molecule has 0 spiro atoms. The standard InChI is InChI=1S/C27H37ClF3N3O5S/c1-26(2,27(29,30)31)15-18-8-11-20(21(14-18)39-4)24-22(28)23(33-34(24)12-13-38-3)25(35)32-16-17-6-9-19(10-7-17)40(5,36)37/h8,11,14,17,19H,6-7,9-10,12-13,15-16H2,1-5H3,(H,32,35). The summed E-state index contributed by atoms with van der Waals surface area (Å²) < 4.78 is 76.2. The second kappa shape index (κ2) is 12.7. The smallest absolute Gasteiger partial charge is 0.394 e. The minimum atomic E-state index is -4.38. The van der Waals surface area contributed by atoms with Gasteiger partial charge in [0.05, 0.1) is 41.6 Å². The van der Waals surface area contributed by atoms with Crippen LogP contribution >= 0.6 is 11.6 Å². The number of carbonyl (C=O) groups excluding carboxylic acids is 1. The van der Waals surface area contributed by atoms with Gasteiger partial charge in [-0.3, -0.25) is 9.48 Å². The third-order valence-corrected chi connectivity index (χ3v) is 9.54. The molecule has 0 aliphatic heterocycles. The number of benzene rings is 1. The molecule has 0 saturated heterocycles. The van der Waals surface area contributed by atoms with E-state index in [-0.39, 0.29) is 41.5 Å². The van der Waals surface area contributed by atoms with Gasteiger partial charge in [0.25, 0.3) is 5.91 Å². The molecule has 0 radical (unpaired) electrons. The Kier molecular flexibility index (Phi) is 10.2. The number of amides is 1. The Hall–Kier alpha value is -2.31. The number of methoxy groups -OCH3 is 2. The summed E-state index contributed by atoms with van der Waals surface area (Å²) in [6.45, 7) is 3.19. The number of hydrogen-bond acceptors (Lipinski definition) is 6. The van der Waals surface area contributed by atoms with Crippen LogP contribution in [0.25, 0.3) is 11.3 Å². The molecule has 1 aliphatic rings. The van der Waals surface area contributed by atoms with E-state index in [1.54, 1.807) is 18.2 Å². The van der Waals surface area contributed by atoms with Gasteiger partial charge in [-0.15, -0.1) is 0 Å². The highest BCUT2D eigenvalue weighted by Gasteiger charge is 2.47. The molecular weight excluding hydrogens is 571 g/mol. The topological polar surface area (TPSA) is 99.5 Å². The summed E-state index contributed by atoms with van der Waals surface area (Å²) in [6.07, 6.45) is -0.870. The monoisotopic (exact) mass is 607 g/mol. The Bertz CT molecular complexity index is 1300. The zero-order valence-corrected chi connectivity index (χ0v) is 25.0. The van der Waals surface area contributed by atoms with E-state index in [1.165, 1.54) is 25.2 Å². The Morgan fingerprint density at radius 2 is 1.82 bits per heavy atom. The minimum absolute atomic E-state index is 0.00178. The van der Waals surface area contributed by atoms with Crippen molar-refractivity contribution in [3.63, 3.8) is 0 Å². The summed E-state index contributed by atoms with van der Waals surface area (Å²) in [5, 5.41) is 7.04. The van der Waals surface area contributed by atoms with Crippen LogP contribution in [0.4, 0.5) is 13.2 Å². The SMILES string of the molecule is COCCn1nc(C(=O)NCC2CCC(S(C)(=O)=O)CC2)c(Cl)c1-c1ccc(CC(C)(C)C(F)(F)F)cc1OC. The molecule has 2 aromatic rings. The van der Waals surface area contributed by atoms with Crippen molar-refractivity contribution in [1.29, 1.82) is 0 Å². The van der Waals surface area contributed by atoms with Crippen LogP contribution in [-0.2, 0) is 27.5 Å². The van der Waals surface area contributed by atoms with E-state index in [0.717, 1.165) is 13.8 Å². The average Bonchev–Trinajstić information content (AvgIpc) is 3.20. The molecule has 0 unspecified atom stereocenters. The fourth-order valence-corrected chi connectivity index (χ4v) is 6.37. The molecule has 40 heavy (non-hydrogen) atoms. The van der Waals surface area contributed by atoms with Gasteiger partial charge in [-0.25, -0.2) is 8.42 Å². The number of sulfone groups is 1. The first-order chi connectivity index (χ1) is 18.6. The Morgan fingerprint density at radius 3 is 2.38 bits per heavy atom. The molecule has 1 amide bonds. The maximum atomic E-state index is 13.5. The Labute approximate surface area is 238 Å². The molecule has 3 rings (SSSR count). The van der Waals surface area contributed by atoms with Gasteiger partial charge in [0.2, 0.25) is 0 Å². The fraction of sp³-hybridized carbons (Fsp3) is 0.630. The van der Waals surface area contributed by atoms with Crippen LogP contribution in [-0.4, -0.2) is 69.2 Å². The van der Waals surface area contributed by atoms with Crippen molar-refractivity contribution >= 4 is 27.3 Å². The minimum Gasteiger partial charge on any atom is -0.496 e. The van der Waals surface area contributed by atoms with Crippen LogP contribution in [0.1, 0.15) is 55.6 Å². The summed E-state index contributed by atoms with van der Waals surface area (Å²) in [6, 6.07) is 4.75. The van der Waals surface area contributed by atoms with E-state index in [0.29, 0.717) is 54.8 Å². The van der Waals surface area contributed by atoms with Gasteiger partial charge < -0.3 is 14.8 Å². The van der Waals surface area contributed by atoms with Crippen LogP contribution in [0.15, 0.2) is 18.2 Å². The zero-order chi connectivity index (χ0) is 29.9. The lowest BCUT2D eigenvalue weighted by atomic mass is 9.84. The van der Waals surface area contributed by atoms with E-state index >= 15 is 0 Å². The first kappa shape index (κ1) is 32.2.